The lowest BCUT2D eigenvalue weighted by Gasteiger charge is -2.08. The van der Waals surface area contributed by atoms with E-state index in [1.54, 1.807) is 0 Å². The molecule has 0 bridgehead atoms. The fourth-order valence-corrected chi connectivity index (χ4v) is 1.68. The van der Waals surface area contributed by atoms with Crippen molar-refractivity contribution in [3.63, 3.8) is 0 Å². The van der Waals surface area contributed by atoms with Crippen LogP contribution < -0.4 is 5.32 Å². The lowest BCUT2D eigenvalue weighted by atomic mass is 10.1. The zero-order valence-corrected chi connectivity index (χ0v) is 9.47. The smallest absolute Gasteiger partial charge is 0.404 e. The molecule has 0 aliphatic rings. The summed E-state index contributed by atoms with van der Waals surface area (Å²) in [5.41, 5.74) is 2.19. The summed E-state index contributed by atoms with van der Waals surface area (Å²) in [6, 6.07) is 5.90. The Labute approximate surface area is 91.3 Å². The van der Waals surface area contributed by atoms with Crippen LogP contribution in [0, 0.1) is 0 Å². The second-order valence-electron chi connectivity index (χ2n) is 2.93. The lowest BCUT2D eigenvalue weighted by molar-refractivity contribution is 0.194. The van der Waals surface area contributed by atoms with E-state index in [-0.39, 0.29) is 0 Å². The zero-order chi connectivity index (χ0) is 10.6. The summed E-state index contributed by atoms with van der Waals surface area (Å²) in [6.07, 6.45) is -0.0868. The fraction of sp³-hybridized carbons (Fsp3) is 0.300. The first-order chi connectivity index (χ1) is 6.63. The third-order valence-corrected chi connectivity index (χ3v) is 2.47. The van der Waals surface area contributed by atoms with E-state index in [9.17, 15) is 4.79 Å². The maximum atomic E-state index is 10.3. The number of halogens is 1. The molecule has 0 spiro atoms. The first-order valence-electron chi connectivity index (χ1n) is 4.37. The molecule has 0 atom stereocenters. The van der Waals surface area contributed by atoms with Gasteiger partial charge in [-0.3, -0.25) is 0 Å². The summed E-state index contributed by atoms with van der Waals surface area (Å²) in [5.74, 6) is 0. The molecule has 0 aliphatic heterocycles. The van der Waals surface area contributed by atoms with Crippen molar-refractivity contribution >= 4 is 22.0 Å². The zero-order valence-electron chi connectivity index (χ0n) is 7.88. The van der Waals surface area contributed by atoms with Crippen molar-refractivity contribution in [1.82, 2.24) is 5.32 Å². The predicted molar refractivity (Wildman–Crippen MR) is 58.4 cm³/mol. The van der Waals surface area contributed by atoms with Crippen LogP contribution in [0.4, 0.5) is 4.79 Å². The molecule has 14 heavy (non-hydrogen) atoms. The monoisotopic (exact) mass is 257 g/mol. The van der Waals surface area contributed by atoms with Gasteiger partial charge in [0.15, 0.2) is 0 Å². The van der Waals surface area contributed by atoms with E-state index in [1.807, 2.05) is 25.1 Å². The number of amides is 1. The highest BCUT2D eigenvalue weighted by atomic mass is 79.9. The van der Waals surface area contributed by atoms with Crippen molar-refractivity contribution in [1.29, 1.82) is 0 Å². The molecule has 1 rings (SSSR count). The maximum absolute atomic E-state index is 10.3. The Bertz CT molecular complexity index is 339. The van der Waals surface area contributed by atoms with Gasteiger partial charge in [0, 0.05) is 11.0 Å². The summed E-state index contributed by atoms with van der Waals surface area (Å²) >= 11 is 3.36. The van der Waals surface area contributed by atoms with Crippen molar-refractivity contribution in [3.05, 3.63) is 33.8 Å². The van der Waals surface area contributed by atoms with E-state index in [0.717, 1.165) is 16.5 Å². The van der Waals surface area contributed by atoms with Crippen molar-refractivity contribution in [2.24, 2.45) is 0 Å². The van der Waals surface area contributed by atoms with Gasteiger partial charge in [0.25, 0.3) is 0 Å². The molecule has 0 saturated heterocycles. The average Bonchev–Trinajstić information content (AvgIpc) is 2.15. The molecule has 0 aliphatic carbocycles. The normalized spacial score (nSPS) is 9.86. The van der Waals surface area contributed by atoms with Crippen LogP contribution in [0.3, 0.4) is 0 Å². The molecule has 1 aromatic rings. The van der Waals surface area contributed by atoms with Gasteiger partial charge in [0.05, 0.1) is 0 Å². The van der Waals surface area contributed by atoms with Crippen LogP contribution >= 0.6 is 15.9 Å². The van der Waals surface area contributed by atoms with Crippen LogP contribution in [0.1, 0.15) is 18.1 Å². The summed E-state index contributed by atoms with van der Waals surface area (Å²) in [5, 5.41) is 10.8. The van der Waals surface area contributed by atoms with Crippen LogP contribution in [0.25, 0.3) is 0 Å². The van der Waals surface area contributed by atoms with E-state index < -0.39 is 6.09 Å². The molecule has 76 valence electrons. The predicted octanol–water partition coefficient (Wildman–Crippen LogP) is 2.78. The quantitative estimate of drug-likeness (QED) is 0.875. The van der Waals surface area contributed by atoms with Crippen LogP contribution in [0.15, 0.2) is 22.7 Å². The van der Waals surface area contributed by atoms with Gasteiger partial charge in [-0.2, -0.15) is 0 Å². The first-order valence-corrected chi connectivity index (χ1v) is 5.17. The van der Waals surface area contributed by atoms with Crippen molar-refractivity contribution in [2.75, 3.05) is 0 Å². The molecular weight excluding hydrogens is 246 g/mol. The number of aryl methyl sites for hydroxylation is 1. The molecule has 3 nitrogen and oxygen atoms in total. The van der Waals surface area contributed by atoms with Gasteiger partial charge in [0.1, 0.15) is 0 Å². The minimum atomic E-state index is -0.993. The van der Waals surface area contributed by atoms with E-state index in [0.29, 0.717) is 6.54 Å². The fourth-order valence-electron chi connectivity index (χ4n) is 1.27. The standard InChI is InChI=1S/C10H12BrNO2/c1-2-7-3-4-9(11)5-8(7)6-12-10(13)14/h3-5,12H,2,6H2,1H3,(H,13,14). The number of benzene rings is 1. The van der Waals surface area contributed by atoms with Gasteiger partial charge < -0.3 is 10.4 Å². The number of nitrogens with one attached hydrogen (secondary N) is 1. The first kappa shape index (κ1) is 11.0. The molecule has 0 aromatic heterocycles. The Morgan fingerprint density at radius 3 is 2.79 bits per heavy atom. The Balaban J connectivity index is 2.82. The van der Waals surface area contributed by atoms with Gasteiger partial charge in [-0.1, -0.05) is 28.9 Å². The summed E-state index contributed by atoms with van der Waals surface area (Å²) in [4.78, 5) is 10.3. The minimum absolute atomic E-state index is 0.359. The van der Waals surface area contributed by atoms with Gasteiger partial charge in [-0.15, -0.1) is 0 Å². The van der Waals surface area contributed by atoms with E-state index in [1.165, 1.54) is 5.56 Å². The average molecular weight is 258 g/mol. The number of rotatable bonds is 3. The molecule has 1 aromatic carbocycles. The van der Waals surface area contributed by atoms with Gasteiger partial charge >= 0.3 is 6.09 Å². The second-order valence-corrected chi connectivity index (χ2v) is 3.84. The summed E-state index contributed by atoms with van der Waals surface area (Å²) in [6.45, 7) is 2.41. The van der Waals surface area contributed by atoms with Crippen LogP contribution in [-0.4, -0.2) is 11.2 Å². The molecule has 0 heterocycles. The van der Waals surface area contributed by atoms with Gasteiger partial charge in [-0.05, 0) is 29.7 Å². The molecule has 0 fully saturated rings. The van der Waals surface area contributed by atoms with E-state index >= 15 is 0 Å². The van der Waals surface area contributed by atoms with Gasteiger partial charge in [-0.25, -0.2) is 4.79 Å². The highest BCUT2D eigenvalue weighted by Crippen LogP contribution is 2.17. The third-order valence-electron chi connectivity index (χ3n) is 1.98. The second kappa shape index (κ2) is 5.00. The number of carboxylic acid groups (broad SMARTS) is 1. The molecular formula is C10H12BrNO2. The number of carbonyl (C=O) groups is 1. The molecule has 0 unspecified atom stereocenters. The Morgan fingerprint density at radius 2 is 2.21 bits per heavy atom. The van der Waals surface area contributed by atoms with Crippen LogP contribution in [0.2, 0.25) is 0 Å². The van der Waals surface area contributed by atoms with Crippen LogP contribution in [-0.2, 0) is 13.0 Å². The Hall–Kier alpha value is -1.03. The van der Waals surface area contributed by atoms with E-state index in [2.05, 4.69) is 21.2 Å². The van der Waals surface area contributed by atoms with Gasteiger partial charge in [0.2, 0.25) is 0 Å². The SMILES string of the molecule is CCc1ccc(Br)cc1CNC(=O)O. The molecule has 2 N–H and O–H groups in total. The minimum Gasteiger partial charge on any atom is -0.465 e. The lowest BCUT2D eigenvalue weighted by Crippen LogP contribution is -2.20. The largest absolute Gasteiger partial charge is 0.465 e. The molecule has 1 amide bonds. The summed E-state index contributed by atoms with van der Waals surface area (Å²) < 4.78 is 0.969. The number of hydrogen-bond donors (Lipinski definition) is 2. The molecule has 0 radical (unpaired) electrons. The summed E-state index contributed by atoms with van der Waals surface area (Å²) in [7, 11) is 0. The Morgan fingerprint density at radius 1 is 1.50 bits per heavy atom. The Kier molecular flexibility index (Phi) is 3.95. The molecule has 0 saturated carbocycles. The van der Waals surface area contributed by atoms with Crippen LogP contribution in [0.5, 0.6) is 0 Å². The van der Waals surface area contributed by atoms with Crippen molar-refractivity contribution < 1.29 is 9.90 Å². The third kappa shape index (κ3) is 3.03. The topological polar surface area (TPSA) is 49.3 Å². The maximum Gasteiger partial charge on any atom is 0.404 e. The highest BCUT2D eigenvalue weighted by Gasteiger charge is 2.02. The van der Waals surface area contributed by atoms with Crippen molar-refractivity contribution in [3.8, 4) is 0 Å². The highest BCUT2D eigenvalue weighted by molar-refractivity contribution is 9.10. The van der Waals surface area contributed by atoms with Crippen molar-refractivity contribution in [2.45, 2.75) is 19.9 Å². The van der Waals surface area contributed by atoms with E-state index in [4.69, 9.17) is 5.11 Å². The number of hydrogen-bond acceptors (Lipinski definition) is 1. The molecule has 4 heteroatoms.